The summed E-state index contributed by atoms with van der Waals surface area (Å²) in [6.45, 7) is 5.16. The molecule has 0 fully saturated rings. The fourth-order valence-electron chi connectivity index (χ4n) is 2.57. The van der Waals surface area contributed by atoms with Gasteiger partial charge >= 0.3 is 0 Å². The zero-order valence-corrected chi connectivity index (χ0v) is 14.0. The summed E-state index contributed by atoms with van der Waals surface area (Å²) in [6.07, 6.45) is 2.24. The van der Waals surface area contributed by atoms with Crippen LogP contribution in [0.3, 0.4) is 0 Å². The van der Waals surface area contributed by atoms with Gasteiger partial charge in [-0.2, -0.15) is 0 Å². The Morgan fingerprint density at radius 1 is 1.05 bits per heavy atom. The summed E-state index contributed by atoms with van der Waals surface area (Å²) < 4.78 is 0. The summed E-state index contributed by atoms with van der Waals surface area (Å²) in [5.41, 5.74) is 3.61. The first-order valence-corrected chi connectivity index (χ1v) is 8.19. The van der Waals surface area contributed by atoms with Gasteiger partial charge in [0.2, 0.25) is 0 Å². The minimum Gasteiger partial charge on any atom is -0.306 e. The van der Waals surface area contributed by atoms with Crippen LogP contribution >= 0.6 is 23.2 Å². The number of hydrogen-bond acceptors (Lipinski definition) is 1. The van der Waals surface area contributed by atoms with Crippen LogP contribution in [0.15, 0.2) is 42.5 Å². The molecule has 0 heterocycles. The molecule has 1 unspecified atom stereocenters. The van der Waals surface area contributed by atoms with Gasteiger partial charge in [0.1, 0.15) is 0 Å². The molecule has 3 heteroatoms. The van der Waals surface area contributed by atoms with E-state index < -0.39 is 0 Å². The highest BCUT2D eigenvalue weighted by Crippen LogP contribution is 2.33. The number of aryl methyl sites for hydroxylation is 1. The van der Waals surface area contributed by atoms with Gasteiger partial charge < -0.3 is 5.32 Å². The molecule has 0 aromatic heterocycles. The number of halogens is 2. The van der Waals surface area contributed by atoms with Crippen molar-refractivity contribution in [1.29, 1.82) is 0 Å². The molecule has 0 aliphatic rings. The van der Waals surface area contributed by atoms with Gasteiger partial charge in [0.15, 0.2) is 0 Å². The van der Waals surface area contributed by atoms with Gasteiger partial charge in [0.05, 0.1) is 16.1 Å². The second-order valence-corrected chi connectivity index (χ2v) is 5.91. The topological polar surface area (TPSA) is 12.0 Å². The maximum Gasteiger partial charge on any atom is 0.0643 e. The molecule has 0 aliphatic carbocycles. The van der Waals surface area contributed by atoms with Crippen molar-refractivity contribution in [2.24, 2.45) is 0 Å². The van der Waals surface area contributed by atoms with Crippen LogP contribution in [0.2, 0.25) is 10.0 Å². The van der Waals surface area contributed by atoms with Crippen molar-refractivity contribution in [3.63, 3.8) is 0 Å². The summed E-state index contributed by atoms with van der Waals surface area (Å²) in [5, 5.41) is 4.74. The third-order valence-electron chi connectivity index (χ3n) is 3.52. The summed E-state index contributed by atoms with van der Waals surface area (Å²) in [5.74, 6) is 0. The standard InChI is InChI=1S/C18H21Cl2N/c1-3-7-13-8-5-9-14(12-13)18(21-4-2)15-10-6-11-16(19)17(15)20/h5-6,8-12,18,21H,3-4,7H2,1-2H3. The lowest BCUT2D eigenvalue weighted by atomic mass is 9.96. The molecule has 0 bridgehead atoms. The molecule has 2 rings (SSSR count). The minimum absolute atomic E-state index is 0.0676. The van der Waals surface area contributed by atoms with Gasteiger partial charge in [-0.25, -0.2) is 0 Å². The first kappa shape index (κ1) is 16.4. The lowest BCUT2D eigenvalue weighted by Crippen LogP contribution is -2.22. The average Bonchev–Trinajstić information content (AvgIpc) is 2.49. The lowest BCUT2D eigenvalue weighted by Gasteiger charge is -2.21. The first-order valence-electron chi connectivity index (χ1n) is 7.43. The number of hydrogen-bond donors (Lipinski definition) is 1. The monoisotopic (exact) mass is 321 g/mol. The summed E-state index contributed by atoms with van der Waals surface area (Å²) >= 11 is 12.6. The maximum atomic E-state index is 6.40. The Morgan fingerprint density at radius 3 is 2.52 bits per heavy atom. The van der Waals surface area contributed by atoms with Crippen LogP contribution in [0.5, 0.6) is 0 Å². The third-order valence-corrected chi connectivity index (χ3v) is 4.36. The second kappa shape index (κ2) is 7.84. The summed E-state index contributed by atoms with van der Waals surface area (Å²) in [6, 6.07) is 14.6. The third kappa shape index (κ3) is 4.00. The van der Waals surface area contributed by atoms with E-state index in [0.717, 1.165) is 24.9 Å². The molecular weight excluding hydrogens is 301 g/mol. The van der Waals surface area contributed by atoms with E-state index >= 15 is 0 Å². The number of benzene rings is 2. The van der Waals surface area contributed by atoms with E-state index in [1.54, 1.807) is 0 Å². The van der Waals surface area contributed by atoms with E-state index in [0.29, 0.717) is 10.0 Å². The Morgan fingerprint density at radius 2 is 1.81 bits per heavy atom. The zero-order chi connectivity index (χ0) is 15.2. The van der Waals surface area contributed by atoms with E-state index in [4.69, 9.17) is 23.2 Å². The van der Waals surface area contributed by atoms with Crippen molar-refractivity contribution in [2.75, 3.05) is 6.54 Å². The molecule has 0 radical (unpaired) electrons. The predicted octanol–water partition coefficient (Wildman–Crippen LogP) is 5.64. The molecule has 112 valence electrons. The quantitative estimate of drug-likeness (QED) is 0.725. The Balaban J connectivity index is 2.43. The van der Waals surface area contributed by atoms with Crippen molar-refractivity contribution in [3.05, 3.63) is 69.2 Å². The van der Waals surface area contributed by atoms with Gasteiger partial charge in [-0.3, -0.25) is 0 Å². The fraction of sp³-hybridized carbons (Fsp3) is 0.333. The van der Waals surface area contributed by atoms with Crippen LogP contribution in [-0.2, 0) is 6.42 Å². The highest BCUT2D eigenvalue weighted by atomic mass is 35.5. The molecule has 0 spiro atoms. The second-order valence-electron chi connectivity index (χ2n) is 5.13. The van der Waals surface area contributed by atoms with Gasteiger partial charge in [-0.05, 0) is 35.7 Å². The van der Waals surface area contributed by atoms with Crippen molar-refractivity contribution in [3.8, 4) is 0 Å². The molecule has 0 saturated carbocycles. The number of rotatable bonds is 6. The lowest BCUT2D eigenvalue weighted by molar-refractivity contribution is 0.630. The zero-order valence-electron chi connectivity index (χ0n) is 12.5. The molecule has 21 heavy (non-hydrogen) atoms. The predicted molar refractivity (Wildman–Crippen MR) is 92.4 cm³/mol. The van der Waals surface area contributed by atoms with Gasteiger partial charge in [0.25, 0.3) is 0 Å². The summed E-state index contributed by atoms with van der Waals surface area (Å²) in [4.78, 5) is 0. The molecular formula is C18H21Cl2N. The van der Waals surface area contributed by atoms with Crippen LogP contribution in [0, 0.1) is 0 Å². The molecule has 1 atom stereocenters. The highest BCUT2D eigenvalue weighted by Gasteiger charge is 2.17. The summed E-state index contributed by atoms with van der Waals surface area (Å²) in [7, 11) is 0. The van der Waals surface area contributed by atoms with Crippen molar-refractivity contribution in [1.82, 2.24) is 5.32 Å². The molecule has 0 saturated heterocycles. The SMILES string of the molecule is CCCc1cccc(C(NCC)c2cccc(Cl)c2Cl)c1. The van der Waals surface area contributed by atoms with Gasteiger partial charge in [-0.1, -0.05) is 79.9 Å². The molecule has 2 aromatic rings. The molecule has 1 nitrogen and oxygen atoms in total. The van der Waals surface area contributed by atoms with Crippen LogP contribution in [0.25, 0.3) is 0 Å². The van der Waals surface area contributed by atoms with Crippen molar-refractivity contribution < 1.29 is 0 Å². The van der Waals surface area contributed by atoms with Crippen LogP contribution in [0.4, 0.5) is 0 Å². The maximum absolute atomic E-state index is 6.40. The number of nitrogens with one attached hydrogen (secondary N) is 1. The smallest absolute Gasteiger partial charge is 0.0643 e. The van der Waals surface area contributed by atoms with Crippen LogP contribution < -0.4 is 5.32 Å². The Labute approximate surface area is 137 Å². The largest absolute Gasteiger partial charge is 0.306 e. The van der Waals surface area contributed by atoms with Crippen LogP contribution in [-0.4, -0.2) is 6.54 Å². The van der Waals surface area contributed by atoms with Gasteiger partial charge in [0, 0.05) is 0 Å². The molecule has 2 aromatic carbocycles. The van der Waals surface area contributed by atoms with Gasteiger partial charge in [-0.15, -0.1) is 0 Å². The Hall–Kier alpha value is -1.02. The Bertz CT molecular complexity index is 596. The molecule has 0 aliphatic heterocycles. The first-order chi connectivity index (χ1) is 10.2. The van der Waals surface area contributed by atoms with Crippen LogP contribution in [0.1, 0.15) is 43.0 Å². The van der Waals surface area contributed by atoms with Crippen molar-refractivity contribution in [2.45, 2.75) is 32.7 Å². The van der Waals surface area contributed by atoms with Crippen molar-refractivity contribution >= 4 is 23.2 Å². The average molecular weight is 322 g/mol. The van der Waals surface area contributed by atoms with E-state index in [9.17, 15) is 0 Å². The van der Waals surface area contributed by atoms with E-state index in [2.05, 4.69) is 43.4 Å². The minimum atomic E-state index is 0.0676. The normalized spacial score (nSPS) is 12.4. The fourth-order valence-corrected chi connectivity index (χ4v) is 2.99. The van der Waals surface area contributed by atoms with E-state index in [-0.39, 0.29) is 6.04 Å². The Kier molecular flexibility index (Phi) is 6.10. The molecule has 1 N–H and O–H groups in total. The van der Waals surface area contributed by atoms with E-state index in [1.165, 1.54) is 11.1 Å². The van der Waals surface area contributed by atoms with E-state index in [1.807, 2.05) is 18.2 Å². The molecule has 0 amide bonds. The highest BCUT2D eigenvalue weighted by molar-refractivity contribution is 6.42.